The van der Waals surface area contributed by atoms with Gasteiger partial charge in [0.1, 0.15) is 11.5 Å². The molecule has 2 atom stereocenters. The first-order valence-corrected chi connectivity index (χ1v) is 8.83. The highest BCUT2D eigenvalue weighted by atomic mass is 15.2. The maximum Gasteiger partial charge on any atom is 0.141 e. The van der Waals surface area contributed by atoms with Gasteiger partial charge in [-0.25, -0.2) is 4.98 Å². The van der Waals surface area contributed by atoms with Crippen LogP contribution in [-0.2, 0) is 13.0 Å². The van der Waals surface area contributed by atoms with E-state index in [1.165, 1.54) is 10.9 Å². The molecule has 1 aliphatic heterocycles. The van der Waals surface area contributed by atoms with Crippen molar-refractivity contribution in [1.82, 2.24) is 14.5 Å². The third-order valence-electron chi connectivity index (χ3n) is 4.95. The van der Waals surface area contributed by atoms with Crippen molar-refractivity contribution in [2.75, 3.05) is 11.9 Å². The van der Waals surface area contributed by atoms with Crippen LogP contribution < -0.4 is 5.32 Å². The molecule has 2 unspecified atom stereocenters. The lowest BCUT2D eigenvalue weighted by atomic mass is 9.97. The molecule has 0 saturated carbocycles. The summed E-state index contributed by atoms with van der Waals surface area (Å²) < 4.78 is 2.16. The molecule has 0 aromatic carbocycles. The van der Waals surface area contributed by atoms with Crippen molar-refractivity contribution >= 4 is 16.9 Å². The van der Waals surface area contributed by atoms with E-state index in [1.807, 2.05) is 18.3 Å². The van der Waals surface area contributed by atoms with E-state index in [4.69, 9.17) is 10.5 Å². The van der Waals surface area contributed by atoms with Gasteiger partial charge in [0.15, 0.2) is 0 Å². The maximum absolute atomic E-state index is 9.05. The molecule has 1 aliphatic rings. The molecule has 3 aromatic heterocycles. The zero-order chi connectivity index (χ0) is 18.1. The summed E-state index contributed by atoms with van der Waals surface area (Å²) in [5.41, 5.74) is 13.4. The van der Waals surface area contributed by atoms with Gasteiger partial charge in [0, 0.05) is 47.5 Å². The fourth-order valence-corrected chi connectivity index (χ4v) is 3.70. The molecule has 3 aromatic rings. The van der Waals surface area contributed by atoms with E-state index < -0.39 is 0 Å². The molecule has 0 fully saturated rings. The average molecular weight is 347 g/mol. The van der Waals surface area contributed by atoms with Crippen LogP contribution in [0.25, 0.3) is 21.5 Å². The van der Waals surface area contributed by atoms with Gasteiger partial charge in [-0.15, -0.1) is 0 Å². The maximum atomic E-state index is 9.05. The topological polar surface area (TPSA) is 91.5 Å². The highest BCUT2D eigenvalue weighted by Gasteiger charge is 2.25. The Labute approximate surface area is 151 Å². The summed E-state index contributed by atoms with van der Waals surface area (Å²) >= 11 is 0. The summed E-state index contributed by atoms with van der Waals surface area (Å²) in [5, 5.41) is 8.79. The van der Waals surface area contributed by atoms with Crippen LogP contribution >= 0.6 is 0 Å². The first kappa shape index (κ1) is 16.4. The van der Waals surface area contributed by atoms with Gasteiger partial charge in [0.05, 0.1) is 6.04 Å². The largest absolute Gasteiger partial charge is 0.371 e. The minimum atomic E-state index is -0.313. The summed E-state index contributed by atoms with van der Waals surface area (Å²) in [6.45, 7) is 5.79. The molecule has 0 bridgehead atoms. The fourth-order valence-electron chi connectivity index (χ4n) is 3.70. The molecule has 4 rings (SSSR count). The predicted molar refractivity (Wildman–Crippen MR) is 102 cm³/mol. The smallest absolute Gasteiger partial charge is 0.141 e. The summed E-state index contributed by atoms with van der Waals surface area (Å²) in [4.78, 5) is 11.8. The van der Waals surface area contributed by atoms with Crippen molar-refractivity contribution in [3.05, 3.63) is 63.9 Å². The third kappa shape index (κ3) is 2.86. The second-order valence-corrected chi connectivity index (χ2v) is 7.01. The number of aryl methyl sites for hydroxylation is 1. The van der Waals surface area contributed by atoms with E-state index in [0.29, 0.717) is 12.5 Å². The van der Waals surface area contributed by atoms with Gasteiger partial charge in [-0.2, -0.15) is 0 Å². The molecule has 0 aliphatic carbocycles. The lowest BCUT2D eigenvalue weighted by Gasteiger charge is -2.23. The second kappa shape index (κ2) is 6.69. The predicted octanol–water partition coefficient (Wildman–Crippen LogP) is 4.40. The number of hydrogen-bond acceptors (Lipinski definition) is 4. The number of hydrogen-bond donors (Lipinski definition) is 1. The van der Waals surface area contributed by atoms with Crippen molar-refractivity contribution in [3.63, 3.8) is 0 Å². The van der Waals surface area contributed by atoms with Gasteiger partial charge in [0.2, 0.25) is 0 Å². The second-order valence-electron chi connectivity index (χ2n) is 7.01. The number of anilines is 1. The SMILES string of the molecule is Cc1cnc2c(c1)c1c(n2CC(N=[N+]=[N-])c2ccncc2)NCC(C)C1. The summed E-state index contributed by atoms with van der Waals surface area (Å²) in [6.07, 6.45) is 6.36. The van der Waals surface area contributed by atoms with Gasteiger partial charge in [-0.3, -0.25) is 4.98 Å². The Morgan fingerprint density at radius 3 is 3.00 bits per heavy atom. The van der Waals surface area contributed by atoms with Gasteiger partial charge >= 0.3 is 0 Å². The van der Waals surface area contributed by atoms with Gasteiger partial charge < -0.3 is 9.88 Å². The zero-order valence-corrected chi connectivity index (χ0v) is 14.9. The number of nitrogens with zero attached hydrogens (tertiary/aromatic N) is 6. The first-order chi connectivity index (χ1) is 12.7. The molecular weight excluding hydrogens is 326 g/mol. The monoisotopic (exact) mass is 347 g/mol. The summed E-state index contributed by atoms with van der Waals surface area (Å²) in [6, 6.07) is 5.67. The lowest BCUT2D eigenvalue weighted by Crippen LogP contribution is -2.22. The van der Waals surface area contributed by atoms with Crippen LogP contribution in [0.4, 0.5) is 5.82 Å². The standard InChI is InChI=1S/C19H21N7/c1-12-7-15-16-8-13(2)10-23-19(16)26(18(15)22-9-12)11-17(24-25-20)14-3-5-21-6-4-14/h3-7,9,13,17,23H,8,10-11H2,1-2H3. The molecule has 0 radical (unpaired) electrons. The Bertz CT molecular complexity index is 986. The Balaban J connectivity index is 1.84. The minimum absolute atomic E-state index is 0.313. The van der Waals surface area contributed by atoms with Gasteiger partial charge in [0.25, 0.3) is 0 Å². The van der Waals surface area contributed by atoms with Crippen LogP contribution in [0.3, 0.4) is 0 Å². The average Bonchev–Trinajstić information content (AvgIpc) is 2.94. The number of fused-ring (bicyclic) bond motifs is 3. The van der Waals surface area contributed by atoms with Crippen LogP contribution in [0.1, 0.15) is 29.7 Å². The molecule has 7 heteroatoms. The van der Waals surface area contributed by atoms with Crippen LogP contribution in [0.15, 0.2) is 41.9 Å². The van der Waals surface area contributed by atoms with Gasteiger partial charge in [-0.05, 0) is 54.1 Å². The van der Waals surface area contributed by atoms with Crippen LogP contribution in [-0.4, -0.2) is 21.1 Å². The molecule has 0 amide bonds. The molecular formula is C19H21N7. The van der Waals surface area contributed by atoms with E-state index in [1.54, 1.807) is 12.4 Å². The lowest BCUT2D eigenvalue weighted by molar-refractivity contribution is 0.560. The first-order valence-electron chi connectivity index (χ1n) is 8.83. The number of pyridine rings is 2. The number of aromatic nitrogens is 3. The molecule has 132 valence electrons. The van der Waals surface area contributed by atoms with Gasteiger partial charge in [-0.1, -0.05) is 12.0 Å². The summed E-state index contributed by atoms with van der Waals surface area (Å²) in [7, 11) is 0. The highest BCUT2D eigenvalue weighted by molar-refractivity contribution is 5.88. The van der Waals surface area contributed by atoms with Crippen LogP contribution in [0, 0.1) is 12.8 Å². The van der Waals surface area contributed by atoms with Crippen molar-refractivity contribution in [2.24, 2.45) is 11.0 Å². The van der Waals surface area contributed by atoms with Crippen molar-refractivity contribution in [1.29, 1.82) is 0 Å². The van der Waals surface area contributed by atoms with E-state index in [-0.39, 0.29) is 6.04 Å². The highest BCUT2D eigenvalue weighted by Crippen LogP contribution is 2.36. The number of rotatable bonds is 4. The number of azide groups is 1. The molecule has 0 saturated heterocycles. The Kier molecular flexibility index (Phi) is 4.22. The Morgan fingerprint density at radius 1 is 1.42 bits per heavy atom. The van der Waals surface area contributed by atoms with Crippen molar-refractivity contribution in [2.45, 2.75) is 32.9 Å². The minimum Gasteiger partial charge on any atom is -0.371 e. The summed E-state index contributed by atoms with van der Waals surface area (Å²) in [5.74, 6) is 1.68. The third-order valence-corrected chi connectivity index (χ3v) is 4.95. The fraction of sp³-hybridized carbons (Fsp3) is 0.368. The van der Waals surface area contributed by atoms with E-state index in [2.05, 4.69) is 44.8 Å². The number of nitrogens with one attached hydrogen (secondary N) is 1. The molecule has 1 N–H and O–H groups in total. The van der Waals surface area contributed by atoms with Crippen LogP contribution in [0.5, 0.6) is 0 Å². The normalized spacial score (nSPS) is 17.2. The molecule has 7 nitrogen and oxygen atoms in total. The Morgan fingerprint density at radius 2 is 2.23 bits per heavy atom. The van der Waals surface area contributed by atoms with E-state index in [0.717, 1.165) is 35.6 Å². The van der Waals surface area contributed by atoms with Crippen molar-refractivity contribution < 1.29 is 0 Å². The molecule has 0 spiro atoms. The quantitative estimate of drug-likeness (QED) is 0.431. The molecule has 26 heavy (non-hydrogen) atoms. The van der Waals surface area contributed by atoms with Crippen LogP contribution in [0.2, 0.25) is 0 Å². The Hall–Kier alpha value is -3.05. The zero-order valence-electron chi connectivity index (χ0n) is 14.9. The molecule has 4 heterocycles. The van der Waals surface area contributed by atoms with Crippen molar-refractivity contribution in [3.8, 4) is 0 Å². The van der Waals surface area contributed by atoms with E-state index in [9.17, 15) is 0 Å². The van der Waals surface area contributed by atoms with E-state index >= 15 is 0 Å².